The number of carbonyl (C=O) groups excluding carboxylic acids is 2. The van der Waals surface area contributed by atoms with Gasteiger partial charge < -0.3 is 13.9 Å². The van der Waals surface area contributed by atoms with E-state index in [-0.39, 0.29) is 16.9 Å². The highest BCUT2D eigenvalue weighted by atomic mass is 32.2. The summed E-state index contributed by atoms with van der Waals surface area (Å²) in [5, 5.41) is 0.798. The molecule has 0 radical (unpaired) electrons. The predicted octanol–water partition coefficient (Wildman–Crippen LogP) is 7.61. The van der Waals surface area contributed by atoms with Gasteiger partial charge >= 0.3 is 0 Å². The number of carbonyl (C=O) groups is 2. The quantitative estimate of drug-likeness (QED) is 0.162. The van der Waals surface area contributed by atoms with Gasteiger partial charge in [-0.15, -0.1) is 0 Å². The van der Waals surface area contributed by atoms with Crippen LogP contribution in [0.15, 0.2) is 77.4 Å². The standard InChI is InChI=1S/C32H33NO5S/c1-2-9-28-29(17-16-27-24(22-38-31(27)28)15-14-23-10-4-3-5-11-23)37-19-7-6-18-36-26-13-8-12-25(20-26)33-21-30(34)39-32(33)35/h3-5,8,10-13,16-17,20,22H,2,6-7,9,14-15,18-19,21H2,1H3. The van der Waals surface area contributed by atoms with Gasteiger partial charge in [0, 0.05) is 34.5 Å². The Morgan fingerprint density at radius 1 is 0.897 bits per heavy atom. The Kier molecular flexibility index (Phi) is 8.89. The van der Waals surface area contributed by atoms with E-state index in [1.165, 1.54) is 21.4 Å². The van der Waals surface area contributed by atoms with Gasteiger partial charge in [0.05, 0.1) is 26.0 Å². The van der Waals surface area contributed by atoms with Gasteiger partial charge in [0.1, 0.15) is 17.1 Å². The van der Waals surface area contributed by atoms with Crippen LogP contribution >= 0.6 is 11.8 Å². The smallest absolute Gasteiger partial charge is 0.294 e. The Labute approximate surface area is 233 Å². The van der Waals surface area contributed by atoms with Gasteiger partial charge in [-0.05, 0) is 67.5 Å². The second kappa shape index (κ2) is 12.9. The summed E-state index contributed by atoms with van der Waals surface area (Å²) in [6.45, 7) is 3.40. The summed E-state index contributed by atoms with van der Waals surface area (Å²) in [5.74, 6) is 1.58. The Balaban J connectivity index is 1.12. The lowest BCUT2D eigenvalue weighted by Gasteiger charge is -2.15. The molecule has 1 saturated heterocycles. The maximum atomic E-state index is 12.0. The number of furan rings is 1. The number of thioether (sulfide) groups is 1. The zero-order valence-electron chi connectivity index (χ0n) is 22.2. The minimum Gasteiger partial charge on any atom is -0.494 e. The number of hydrogen-bond donors (Lipinski definition) is 0. The number of unbranched alkanes of at least 4 members (excludes halogenated alkanes) is 1. The Hall–Kier alpha value is -3.71. The SMILES string of the molecule is CCCc1c(OCCCCOc2cccc(N3CC(=O)SC3=O)c2)ccc2c(CCc3ccccc3)coc12. The van der Waals surface area contributed by atoms with E-state index in [2.05, 4.69) is 43.3 Å². The third-order valence-corrected chi connectivity index (χ3v) is 7.56. The molecule has 202 valence electrons. The lowest BCUT2D eigenvalue weighted by atomic mass is 10.0. The molecule has 39 heavy (non-hydrogen) atoms. The fourth-order valence-corrected chi connectivity index (χ4v) is 5.49. The lowest BCUT2D eigenvalue weighted by Crippen LogP contribution is -2.22. The van der Waals surface area contributed by atoms with E-state index < -0.39 is 0 Å². The van der Waals surface area contributed by atoms with Gasteiger partial charge in [-0.25, -0.2) is 0 Å². The zero-order valence-corrected chi connectivity index (χ0v) is 23.0. The first-order valence-corrected chi connectivity index (χ1v) is 14.4. The van der Waals surface area contributed by atoms with Gasteiger partial charge in [-0.3, -0.25) is 14.5 Å². The van der Waals surface area contributed by atoms with Crippen LogP contribution in [0.3, 0.4) is 0 Å². The number of benzene rings is 3. The van der Waals surface area contributed by atoms with E-state index in [9.17, 15) is 9.59 Å². The van der Waals surface area contributed by atoms with Crippen LogP contribution in [0.2, 0.25) is 0 Å². The van der Waals surface area contributed by atoms with Crippen LogP contribution in [0.25, 0.3) is 11.0 Å². The Bertz CT molecular complexity index is 1430. The number of nitrogens with zero attached hydrogens (tertiary/aromatic N) is 1. The molecule has 0 saturated carbocycles. The van der Waals surface area contributed by atoms with Crippen LogP contribution in [-0.4, -0.2) is 30.1 Å². The van der Waals surface area contributed by atoms with Crippen molar-refractivity contribution in [2.75, 3.05) is 24.7 Å². The van der Waals surface area contributed by atoms with Crippen LogP contribution in [-0.2, 0) is 24.1 Å². The van der Waals surface area contributed by atoms with Crippen molar-refractivity contribution in [2.45, 2.75) is 45.4 Å². The van der Waals surface area contributed by atoms with Gasteiger partial charge in [0.2, 0.25) is 5.12 Å². The van der Waals surface area contributed by atoms with Crippen molar-refractivity contribution < 1.29 is 23.5 Å². The monoisotopic (exact) mass is 543 g/mol. The number of fused-ring (bicyclic) bond motifs is 1. The van der Waals surface area contributed by atoms with E-state index in [4.69, 9.17) is 13.9 Å². The highest BCUT2D eigenvalue weighted by molar-refractivity contribution is 8.27. The van der Waals surface area contributed by atoms with Crippen molar-refractivity contribution in [3.8, 4) is 11.5 Å². The third-order valence-electron chi connectivity index (χ3n) is 6.81. The zero-order chi connectivity index (χ0) is 27.0. The molecular formula is C32H33NO5S. The highest BCUT2D eigenvalue weighted by Gasteiger charge is 2.30. The van der Waals surface area contributed by atoms with Crippen LogP contribution in [0.1, 0.15) is 42.9 Å². The molecule has 1 amide bonds. The van der Waals surface area contributed by atoms with Gasteiger partial charge in [0.15, 0.2) is 0 Å². The molecule has 7 heteroatoms. The second-order valence-electron chi connectivity index (χ2n) is 9.64. The number of amides is 1. The molecule has 1 aliphatic heterocycles. The number of hydrogen-bond acceptors (Lipinski definition) is 6. The van der Waals surface area contributed by atoms with E-state index in [0.717, 1.165) is 67.2 Å². The average Bonchev–Trinajstić information content (AvgIpc) is 3.53. The largest absolute Gasteiger partial charge is 0.494 e. The summed E-state index contributed by atoms with van der Waals surface area (Å²) in [5.41, 5.74) is 5.33. The van der Waals surface area contributed by atoms with Gasteiger partial charge in [-0.1, -0.05) is 49.7 Å². The fraction of sp³-hybridized carbons (Fsp3) is 0.312. The lowest BCUT2D eigenvalue weighted by molar-refractivity contribution is -0.109. The molecule has 0 bridgehead atoms. The van der Waals surface area contributed by atoms with Crippen LogP contribution in [0.4, 0.5) is 10.5 Å². The first kappa shape index (κ1) is 26.9. The van der Waals surface area contributed by atoms with E-state index in [0.29, 0.717) is 24.7 Å². The molecule has 2 heterocycles. The molecule has 0 aliphatic carbocycles. The maximum Gasteiger partial charge on any atom is 0.294 e. The van der Waals surface area contributed by atoms with Gasteiger partial charge in [-0.2, -0.15) is 0 Å². The van der Waals surface area contributed by atoms with E-state index in [1.807, 2.05) is 30.5 Å². The first-order valence-electron chi connectivity index (χ1n) is 13.6. The summed E-state index contributed by atoms with van der Waals surface area (Å²) in [4.78, 5) is 25.0. The molecule has 6 nitrogen and oxygen atoms in total. The van der Waals surface area contributed by atoms with Crippen molar-refractivity contribution >= 4 is 38.8 Å². The van der Waals surface area contributed by atoms with E-state index in [1.54, 1.807) is 6.07 Å². The van der Waals surface area contributed by atoms with Crippen molar-refractivity contribution in [2.24, 2.45) is 0 Å². The Morgan fingerprint density at radius 2 is 1.72 bits per heavy atom. The molecule has 4 aromatic rings. The molecule has 1 aliphatic rings. The van der Waals surface area contributed by atoms with Crippen LogP contribution in [0.5, 0.6) is 11.5 Å². The second-order valence-corrected chi connectivity index (χ2v) is 10.7. The molecule has 0 spiro atoms. The normalized spacial score (nSPS) is 13.4. The highest BCUT2D eigenvalue weighted by Crippen LogP contribution is 2.33. The molecule has 1 fully saturated rings. The summed E-state index contributed by atoms with van der Waals surface area (Å²) in [6, 6.07) is 22.1. The summed E-state index contributed by atoms with van der Waals surface area (Å²) in [7, 11) is 0. The first-order chi connectivity index (χ1) is 19.1. The summed E-state index contributed by atoms with van der Waals surface area (Å²) in [6.07, 6.45) is 7.42. The van der Waals surface area contributed by atoms with Crippen LogP contribution < -0.4 is 14.4 Å². The molecular weight excluding hydrogens is 510 g/mol. The van der Waals surface area contributed by atoms with Crippen molar-refractivity contribution in [1.29, 1.82) is 0 Å². The maximum absolute atomic E-state index is 12.0. The minimum atomic E-state index is -0.243. The Morgan fingerprint density at radius 3 is 2.49 bits per heavy atom. The molecule has 0 N–H and O–H groups in total. The molecule has 5 rings (SSSR count). The van der Waals surface area contributed by atoms with Gasteiger partial charge in [0.25, 0.3) is 5.24 Å². The topological polar surface area (TPSA) is 69.0 Å². The molecule has 1 aromatic heterocycles. The number of rotatable bonds is 13. The fourth-order valence-electron chi connectivity index (χ4n) is 4.82. The number of anilines is 1. The summed E-state index contributed by atoms with van der Waals surface area (Å²) >= 11 is 0.748. The van der Waals surface area contributed by atoms with E-state index >= 15 is 0 Å². The molecule has 3 aromatic carbocycles. The average molecular weight is 544 g/mol. The predicted molar refractivity (Wildman–Crippen MR) is 156 cm³/mol. The van der Waals surface area contributed by atoms with Crippen LogP contribution in [0, 0.1) is 0 Å². The van der Waals surface area contributed by atoms with Crippen molar-refractivity contribution in [3.05, 3.63) is 89.7 Å². The third kappa shape index (κ3) is 6.66. The number of aryl methyl sites for hydroxylation is 3. The number of ether oxygens (including phenoxy) is 2. The molecule has 0 unspecified atom stereocenters. The minimum absolute atomic E-state index is 0.100. The van der Waals surface area contributed by atoms with Crippen molar-refractivity contribution in [1.82, 2.24) is 0 Å². The summed E-state index contributed by atoms with van der Waals surface area (Å²) < 4.78 is 18.2. The van der Waals surface area contributed by atoms with Crippen molar-refractivity contribution in [3.63, 3.8) is 0 Å². The molecule has 0 atom stereocenters.